The minimum atomic E-state index is -0.503. The summed E-state index contributed by atoms with van der Waals surface area (Å²) in [6, 6.07) is 2.03. The number of anilines is 1. The molecule has 1 aromatic rings. The van der Waals surface area contributed by atoms with Crippen molar-refractivity contribution in [2.45, 2.75) is 52.2 Å². The predicted molar refractivity (Wildman–Crippen MR) is 119 cm³/mol. The fourth-order valence-electron chi connectivity index (χ4n) is 4.27. The van der Waals surface area contributed by atoms with Crippen LogP contribution in [0.15, 0.2) is 16.1 Å². The molecule has 30 heavy (non-hydrogen) atoms. The molecule has 1 aromatic carbocycles. The Morgan fingerprint density at radius 2 is 1.93 bits per heavy atom. The maximum atomic E-state index is 14.4. The van der Waals surface area contributed by atoms with Crippen molar-refractivity contribution >= 4 is 22.9 Å². The monoisotopic (exact) mass is 414 g/mol. The molecule has 2 heterocycles. The lowest BCUT2D eigenvalue weighted by molar-refractivity contribution is 0.173. The summed E-state index contributed by atoms with van der Waals surface area (Å²) in [5.41, 5.74) is 8.25. The van der Waals surface area contributed by atoms with Crippen LogP contribution in [0.3, 0.4) is 0 Å². The molecule has 4 rings (SSSR count). The molecule has 1 saturated carbocycles. The van der Waals surface area contributed by atoms with Crippen LogP contribution in [0.1, 0.15) is 44.2 Å². The largest absolute Gasteiger partial charge is 0.488 e. The molecule has 7 nitrogen and oxygen atoms in total. The second-order valence-electron chi connectivity index (χ2n) is 8.57. The van der Waals surface area contributed by atoms with E-state index in [9.17, 15) is 4.39 Å². The van der Waals surface area contributed by atoms with Gasteiger partial charge < -0.3 is 15.4 Å². The molecule has 0 spiro atoms. The lowest BCUT2D eigenvalue weighted by Gasteiger charge is -2.37. The van der Waals surface area contributed by atoms with Gasteiger partial charge in [0.2, 0.25) is 0 Å². The molecule has 0 amide bonds. The van der Waals surface area contributed by atoms with Crippen molar-refractivity contribution < 1.29 is 9.13 Å². The van der Waals surface area contributed by atoms with Gasteiger partial charge in [0.05, 0.1) is 17.5 Å². The van der Waals surface area contributed by atoms with Crippen molar-refractivity contribution in [3.63, 3.8) is 0 Å². The van der Waals surface area contributed by atoms with Gasteiger partial charge in [-0.1, -0.05) is 0 Å². The lowest BCUT2D eigenvalue weighted by atomic mass is 9.95. The Morgan fingerprint density at radius 1 is 1.23 bits per heavy atom. The molecule has 1 aliphatic carbocycles. The SMILES string of the molecule is Cc1c(OC(C)C)c(F)cc(N)c1C(=N)C1=NCN=C(N2CCN(C3CC3)CC2)C1. The molecule has 0 atom stereocenters. The molecule has 1 saturated heterocycles. The number of amidine groups is 1. The highest BCUT2D eigenvalue weighted by atomic mass is 19.1. The number of hydrogen-bond donors (Lipinski definition) is 2. The number of ether oxygens (including phenoxy) is 1. The number of hydrogen-bond acceptors (Lipinski definition) is 7. The predicted octanol–water partition coefficient (Wildman–Crippen LogP) is 2.85. The highest BCUT2D eigenvalue weighted by Gasteiger charge is 2.32. The summed E-state index contributed by atoms with van der Waals surface area (Å²) in [5.74, 6) is 0.634. The number of aliphatic imine (C=N–C) groups is 2. The molecule has 0 unspecified atom stereocenters. The van der Waals surface area contributed by atoms with Gasteiger partial charge in [0.1, 0.15) is 12.5 Å². The Labute approximate surface area is 177 Å². The van der Waals surface area contributed by atoms with Gasteiger partial charge >= 0.3 is 0 Å². The van der Waals surface area contributed by atoms with Crippen molar-refractivity contribution in [1.29, 1.82) is 5.41 Å². The van der Waals surface area contributed by atoms with E-state index in [-0.39, 0.29) is 23.3 Å². The summed E-state index contributed by atoms with van der Waals surface area (Å²) in [6.07, 6.45) is 2.98. The third-order valence-electron chi connectivity index (χ3n) is 5.98. The molecular formula is C22H31FN6O. The Kier molecular flexibility index (Phi) is 5.77. The summed E-state index contributed by atoms with van der Waals surface area (Å²) < 4.78 is 20.1. The molecule has 2 fully saturated rings. The van der Waals surface area contributed by atoms with Crippen LogP contribution in [-0.2, 0) is 0 Å². The summed E-state index contributed by atoms with van der Waals surface area (Å²) >= 11 is 0. The second-order valence-corrected chi connectivity index (χ2v) is 8.57. The Bertz CT molecular complexity index is 897. The van der Waals surface area contributed by atoms with Crippen LogP contribution in [0.25, 0.3) is 0 Å². The zero-order valence-electron chi connectivity index (χ0n) is 18.0. The Hall–Kier alpha value is -2.48. The third-order valence-corrected chi connectivity index (χ3v) is 5.98. The van der Waals surface area contributed by atoms with E-state index in [0.29, 0.717) is 29.9 Å². The van der Waals surface area contributed by atoms with Gasteiger partial charge in [-0.15, -0.1) is 0 Å². The number of nitrogens with two attached hydrogens (primary N) is 1. The molecule has 162 valence electrons. The maximum Gasteiger partial charge on any atom is 0.167 e. The minimum Gasteiger partial charge on any atom is -0.488 e. The van der Waals surface area contributed by atoms with E-state index >= 15 is 0 Å². The van der Waals surface area contributed by atoms with E-state index in [0.717, 1.165) is 38.1 Å². The van der Waals surface area contributed by atoms with E-state index in [1.165, 1.54) is 18.9 Å². The summed E-state index contributed by atoms with van der Waals surface area (Å²) in [4.78, 5) is 14.0. The van der Waals surface area contributed by atoms with E-state index in [4.69, 9.17) is 15.9 Å². The van der Waals surface area contributed by atoms with E-state index in [2.05, 4.69) is 19.8 Å². The van der Waals surface area contributed by atoms with Crippen LogP contribution in [0.2, 0.25) is 0 Å². The first-order chi connectivity index (χ1) is 14.3. The normalized spacial score (nSPS) is 20.2. The second kappa shape index (κ2) is 8.34. The first-order valence-corrected chi connectivity index (χ1v) is 10.7. The van der Waals surface area contributed by atoms with Crippen LogP contribution < -0.4 is 10.5 Å². The molecule has 0 aromatic heterocycles. The number of benzene rings is 1. The smallest absolute Gasteiger partial charge is 0.167 e. The summed E-state index contributed by atoms with van der Waals surface area (Å²) in [6.45, 7) is 9.79. The maximum absolute atomic E-state index is 14.4. The average molecular weight is 415 g/mol. The molecule has 3 N–H and O–H groups in total. The van der Waals surface area contributed by atoms with Crippen LogP contribution >= 0.6 is 0 Å². The highest BCUT2D eigenvalue weighted by molar-refractivity contribution is 6.51. The Balaban J connectivity index is 1.49. The molecule has 3 aliphatic rings. The van der Waals surface area contributed by atoms with Crippen molar-refractivity contribution in [2.24, 2.45) is 9.98 Å². The van der Waals surface area contributed by atoms with Gasteiger partial charge in [-0.25, -0.2) is 9.38 Å². The van der Waals surface area contributed by atoms with Crippen LogP contribution in [0.4, 0.5) is 10.1 Å². The van der Waals surface area contributed by atoms with Gasteiger partial charge in [-0.05, 0) is 33.6 Å². The average Bonchev–Trinajstić information content (AvgIpc) is 3.56. The molecule has 0 radical (unpaired) electrons. The zero-order chi connectivity index (χ0) is 21.4. The van der Waals surface area contributed by atoms with Crippen molar-refractivity contribution in [3.05, 3.63) is 23.0 Å². The lowest BCUT2D eigenvalue weighted by Crippen LogP contribution is -2.50. The number of nitrogens with zero attached hydrogens (tertiary/aromatic N) is 4. The van der Waals surface area contributed by atoms with Crippen molar-refractivity contribution in [3.8, 4) is 5.75 Å². The summed E-state index contributed by atoms with van der Waals surface area (Å²) in [7, 11) is 0. The fraction of sp³-hybridized carbons (Fsp3) is 0.591. The molecule has 2 aliphatic heterocycles. The summed E-state index contributed by atoms with van der Waals surface area (Å²) in [5, 5.41) is 8.79. The van der Waals surface area contributed by atoms with Crippen molar-refractivity contribution in [2.75, 3.05) is 38.6 Å². The zero-order valence-corrected chi connectivity index (χ0v) is 18.0. The molecule has 8 heteroatoms. The van der Waals surface area contributed by atoms with Crippen LogP contribution in [0.5, 0.6) is 5.75 Å². The van der Waals surface area contributed by atoms with Crippen molar-refractivity contribution in [1.82, 2.24) is 9.80 Å². The fourth-order valence-corrected chi connectivity index (χ4v) is 4.27. The first kappa shape index (κ1) is 20.8. The van der Waals surface area contributed by atoms with Gasteiger partial charge in [-0.2, -0.15) is 0 Å². The number of nitrogen functional groups attached to an aromatic ring is 1. The first-order valence-electron chi connectivity index (χ1n) is 10.7. The van der Waals surface area contributed by atoms with Gasteiger partial charge in [0.15, 0.2) is 11.6 Å². The molecule has 0 bridgehead atoms. The highest BCUT2D eigenvalue weighted by Crippen LogP contribution is 2.32. The Morgan fingerprint density at radius 3 is 2.57 bits per heavy atom. The van der Waals surface area contributed by atoms with E-state index in [1.807, 2.05) is 13.8 Å². The van der Waals surface area contributed by atoms with E-state index in [1.54, 1.807) is 6.92 Å². The number of halogens is 1. The van der Waals surface area contributed by atoms with Gasteiger partial charge in [0, 0.05) is 61.5 Å². The minimum absolute atomic E-state index is 0.153. The van der Waals surface area contributed by atoms with Gasteiger partial charge in [0.25, 0.3) is 0 Å². The van der Waals surface area contributed by atoms with Gasteiger partial charge in [-0.3, -0.25) is 15.3 Å². The topological polar surface area (TPSA) is 90.3 Å². The standard InChI is InChI=1S/C22H31FN6O/c1-13(2)30-22-14(3)20(17(24)10-16(22)23)21(25)18-11-19(27-12-26-18)29-8-6-28(7-9-29)15-4-5-15/h10,13,15,25H,4-9,11-12,24H2,1-3H3. The number of rotatable bonds is 5. The number of piperazine rings is 1. The third kappa shape index (κ3) is 4.19. The number of nitrogens with one attached hydrogen (secondary N) is 1. The molecular weight excluding hydrogens is 383 g/mol. The quantitative estimate of drug-likeness (QED) is 0.573. The van der Waals surface area contributed by atoms with E-state index < -0.39 is 5.82 Å². The van der Waals surface area contributed by atoms with Crippen LogP contribution in [-0.4, -0.2) is 72.1 Å². The van der Waals surface area contributed by atoms with Crippen LogP contribution in [0, 0.1) is 18.2 Å².